The van der Waals surface area contributed by atoms with Crippen molar-refractivity contribution < 1.29 is 4.79 Å². The molecule has 0 saturated heterocycles. The molecule has 0 aliphatic rings. The van der Waals surface area contributed by atoms with Gasteiger partial charge in [0.05, 0.1) is 6.04 Å². The molecule has 15 heavy (non-hydrogen) atoms. The number of nitrogens with one attached hydrogen (secondary N) is 1. The third kappa shape index (κ3) is 3.73. The summed E-state index contributed by atoms with van der Waals surface area (Å²) in [5.74, 6) is -0.177. The molecule has 2 nitrogen and oxygen atoms in total. The van der Waals surface area contributed by atoms with Crippen LogP contribution in [0.3, 0.4) is 0 Å². The van der Waals surface area contributed by atoms with E-state index < -0.39 is 5.38 Å². The van der Waals surface area contributed by atoms with Gasteiger partial charge in [-0.2, -0.15) is 0 Å². The van der Waals surface area contributed by atoms with Crippen molar-refractivity contribution in [1.29, 1.82) is 0 Å². The van der Waals surface area contributed by atoms with Gasteiger partial charge in [0.2, 0.25) is 5.91 Å². The van der Waals surface area contributed by atoms with E-state index in [-0.39, 0.29) is 11.9 Å². The summed E-state index contributed by atoms with van der Waals surface area (Å²) >= 11 is 11.5. The number of carbonyl (C=O) groups excluding carboxylic acids is 1. The number of alkyl halides is 1. The Morgan fingerprint density at radius 3 is 2.60 bits per heavy atom. The van der Waals surface area contributed by atoms with Crippen LogP contribution in [0, 0.1) is 0 Å². The second-order valence-corrected chi connectivity index (χ2v) is 4.49. The highest BCUT2D eigenvalue weighted by molar-refractivity contribution is 6.31. The molecule has 1 aromatic rings. The van der Waals surface area contributed by atoms with Crippen molar-refractivity contribution in [3.63, 3.8) is 0 Å². The topological polar surface area (TPSA) is 29.1 Å². The van der Waals surface area contributed by atoms with Crippen LogP contribution >= 0.6 is 23.2 Å². The zero-order chi connectivity index (χ0) is 11.4. The van der Waals surface area contributed by atoms with E-state index in [4.69, 9.17) is 23.2 Å². The van der Waals surface area contributed by atoms with Crippen molar-refractivity contribution in [3.05, 3.63) is 34.9 Å². The molecule has 1 aromatic carbocycles. The molecule has 1 N–H and O–H groups in total. The molecule has 0 aliphatic heterocycles. The lowest BCUT2D eigenvalue weighted by Crippen LogP contribution is -2.31. The highest BCUT2D eigenvalue weighted by Crippen LogP contribution is 2.17. The van der Waals surface area contributed by atoms with Gasteiger partial charge in [-0.1, -0.05) is 23.7 Å². The van der Waals surface area contributed by atoms with Crippen LogP contribution in [0.1, 0.15) is 25.5 Å². The summed E-state index contributed by atoms with van der Waals surface area (Å²) in [5.41, 5.74) is 0.966. The average molecular weight is 246 g/mol. The maximum atomic E-state index is 11.3. The SMILES string of the molecule is CC(Cl)C(=O)NC(C)c1cccc(Cl)c1. The van der Waals surface area contributed by atoms with Crippen molar-refractivity contribution in [2.45, 2.75) is 25.3 Å². The lowest BCUT2D eigenvalue weighted by Gasteiger charge is -2.15. The Labute approximate surface area is 99.6 Å². The van der Waals surface area contributed by atoms with Gasteiger partial charge in [0.1, 0.15) is 5.38 Å². The van der Waals surface area contributed by atoms with E-state index in [1.165, 1.54) is 0 Å². The minimum absolute atomic E-state index is 0.0857. The van der Waals surface area contributed by atoms with Crippen molar-refractivity contribution in [2.24, 2.45) is 0 Å². The van der Waals surface area contributed by atoms with Gasteiger partial charge in [-0.15, -0.1) is 11.6 Å². The lowest BCUT2D eigenvalue weighted by molar-refractivity contribution is -0.121. The summed E-state index contributed by atoms with van der Waals surface area (Å²) in [7, 11) is 0. The fraction of sp³-hybridized carbons (Fsp3) is 0.364. The maximum absolute atomic E-state index is 11.3. The standard InChI is InChI=1S/C11H13Cl2NO/c1-7(12)11(15)14-8(2)9-4-3-5-10(13)6-9/h3-8H,1-2H3,(H,14,15). The maximum Gasteiger partial charge on any atom is 0.238 e. The minimum Gasteiger partial charge on any atom is -0.348 e. The van der Waals surface area contributed by atoms with Crippen LogP contribution < -0.4 is 5.32 Å². The summed E-state index contributed by atoms with van der Waals surface area (Å²) in [4.78, 5) is 11.3. The molecule has 0 spiro atoms. The molecule has 0 aliphatic carbocycles. The Balaban J connectivity index is 2.69. The number of carbonyl (C=O) groups is 1. The number of rotatable bonds is 3. The Hall–Kier alpha value is -0.730. The monoisotopic (exact) mass is 245 g/mol. The van der Waals surface area contributed by atoms with Crippen LogP contribution in [0.4, 0.5) is 0 Å². The third-order valence-electron chi connectivity index (χ3n) is 2.07. The molecule has 0 aromatic heterocycles. The number of halogens is 2. The van der Waals surface area contributed by atoms with Gasteiger partial charge < -0.3 is 5.32 Å². The Morgan fingerprint density at radius 1 is 1.40 bits per heavy atom. The molecular weight excluding hydrogens is 233 g/mol. The van der Waals surface area contributed by atoms with Gasteiger partial charge in [0, 0.05) is 5.02 Å². The van der Waals surface area contributed by atoms with Gasteiger partial charge in [-0.3, -0.25) is 4.79 Å². The smallest absolute Gasteiger partial charge is 0.238 e. The van der Waals surface area contributed by atoms with E-state index in [1.54, 1.807) is 13.0 Å². The number of amides is 1. The fourth-order valence-electron chi connectivity index (χ4n) is 1.19. The van der Waals surface area contributed by atoms with Crippen molar-refractivity contribution in [3.8, 4) is 0 Å². The van der Waals surface area contributed by atoms with E-state index in [2.05, 4.69) is 5.32 Å². The molecule has 0 radical (unpaired) electrons. The molecule has 2 atom stereocenters. The number of hydrogen-bond acceptors (Lipinski definition) is 1. The first-order valence-corrected chi connectivity index (χ1v) is 5.52. The highest BCUT2D eigenvalue weighted by atomic mass is 35.5. The van der Waals surface area contributed by atoms with Crippen LogP contribution in [0.2, 0.25) is 5.02 Å². The number of hydrogen-bond donors (Lipinski definition) is 1. The van der Waals surface area contributed by atoms with Gasteiger partial charge in [-0.25, -0.2) is 0 Å². The summed E-state index contributed by atoms with van der Waals surface area (Å²) in [6, 6.07) is 7.30. The second kappa shape index (κ2) is 5.38. The minimum atomic E-state index is -0.522. The molecule has 2 unspecified atom stereocenters. The zero-order valence-corrected chi connectivity index (χ0v) is 10.1. The van der Waals surface area contributed by atoms with E-state index >= 15 is 0 Å². The molecule has 0 heterocycles. The van der Waals surface area contributed by atoms with Crippen LogP contribution in [0.15, 0.2) is 24.3 Å². The largest absolute Gasteiger partial charge is 0.348 e. The molecule has 1 rings (SSSR count). The van der Waals surface area contributed by atoms with E-state index in [0.29, 0.717) is 5.02 Å². The predicted octanol–water partition coefficient (Wildman–Crippen LogP) is 3.14. The Kier molecular flexibility index (Phi) is 4.43. The van der Waals surface area contributed by atoms with Crippen LogP contribution in [-0.2, 0) is 4.79 Å². The molecule has 82 valence electrons. The first-order chi connectivity index (χ1) is 7.00. The third-order valence-corrected chi connectivity index (χ3v) is 2.50. The van der Waals surface area contributed by atoms with Crippen molar-refractivity contribution in [2.75, 3.05) is 0 Å². The predicted molar refractivity (Wildman–Crippen MR) is 63.3 cm³/mol. The molecule has 4 heteroatoms. The summed E-state index contributed by atoms with van der Waals surface area (Å²) in [6.45, 7) is 3.53. The first kappa shape index (κ1) is 12.3. The quantitative estimate of drug-likeness (QED) is 0.815. The molecule has 0 saturated carbocycles. The van der Waals surface area contributed by atoms with Gasteiger partial charge in [0.15, 0.2) is 0 Å². The zero-order valence-electron chi connectivity index (χ0n) is 8.63. The second-order valence-electron chi connectivity index (χ2n) is 3.40. The van der Waals surface area contributed by atoms with Gasteiger partial charge in [-0.05, 0) is 31.5 Å². The van der Waals surface area contributed by atoms with E-state index in [0.717, 1.165) is 5.56 Å². The molecule has 0 bridgehead atoms. The van der Waals surface area contributed by atoms with Crippen molar-refractivity contribution >= 4 is 29.1 Å². The Bertz CT molecular complexity index is 352. The lowest BCUT2D eigenvalue weighted by atomic mass is 10.1. The van der Waals surface area contributed by atoms with E-state index in [1.807, 2.05) is 25.1 Å². The molecule has 1 amide bonds. The number of benzene rings is 1. The molecular formula is C11H13Cl2NO. The van der Waals surface area contributed by atoms with Gasteiger partial charge in [0.25, 0.3) is 0 Å². The van der Waals surface area contributed by atoms with Gasteiger partial charge >= 0.3 is 0 Å². The summed E-state index contributed by atoms with van der Waals surface area (Å²) in [5, 5.41) is 2.93. The van der Waals surface area contributed by atoms with Crippen molar-refractivity contribution in [1.82, 2.24) is 5.32 Å². The van der Waals surface area contributed by atoms with Crippen LogP contribution in [0.5, 0.6) is 0 Å². The summed E-state index contributed by atoms with van der Waals surface area (Å²) < 4.78 is 0. The fourth-order valence-corrected chi connectivity index (χ4v) is 1.45. The van der Waals surface area contributed by atoms with Crippen LogP contribution in [0.25, 0.3) is 0 Å². The van der Waals surface area contributed by atoms with E-state index in [9.17, 15) is 4.79 Å². The highest BCUT2D eigenvalue weighted by Gasteiger charge is 2.13. The van der Waals surface area contributed by atoms with Crippen LogP contribution in [-0.4, -0.2) is 11.3 Å². The Morgan fingerprint density at radius 2 is 2.07 bits per heavy atom. The molecule has 0 fully saturated rings. The normalized spacial score (nSPS) is 14.4. The first-order valence-electron chi connectivity index (χ1n) is 4.70. The summed E-state index contributed by atoms with van der Waals surface area (Å²) in [6.07, 6.45) is 0. The average Bonchev–Trinajstić information content (AvgIpc) is 2.17.